The summed E-state index contributed by atoms with van der Waals surface area (Å²) in [5.74, 6) is 3.47. The van der Waals surface area contributed by atoms with Gasteiger partial charge in [0.2, 0.25) is 11.8 Å². The fourth-order valence-corrected chi connectivity index (χ4v) is 6.17. The van der Waals surface area contributed by atoms with E-state index in [1.54, 1.807) is 6.20 Å². The van der Waals surface area contributed by atoms with Gasteiger partial charge in [-0.3, -0.25) is 9.59 Å². The molecule has 5 nitrogen and oxygen atoms in total. The molecule has 4 fully saturated rings. The van der Waals surface area contributed by atoms with E-state index in [-0.39, 0.29) is 23.7 Å². The third-order valence-corrected chi connectivity index (χ3v) is 7.46. The van der Waals surface area contributed by atoms with Crippen molar-refractivity contribution >= 4 is 23.3 Å². The number of pyridine rings is 1. The molecule has 1 aromatic heterocycles. The number of anilines is 2. The molecule has 0 aromatic carbocycles. The SMILES string of the molecule is O=C(Nc1cccnc1NC(=O)C1CC2CCC1C2)C1CC2CCC1C2. The zero-order valence-electron chi connectivity index (χ0n) is 15.1. The Balaban J connectivity index is 1.27. The molecule has 138 valence electrons. The van der Waals surface area contributed by atoms with Crippen LogP contribution in [-0.4, -0.2) is 16.8 Å². The van der Waals surface area contributed by atoms with Crippen LogP contribution in [0, 0.1) is 35.5 Å². The molecule has 2 N–H and O–H groups in total. The van der Waals surface area contributed by atoms with Gasteiger partial charge in [0.1, 0.15) is 0 Å². The average molecular weight is 353 g/mol. The van der Waals surface area contributed by atoms with Gasteiger partial charge in [-0.1, -0.05) is 12.8 Å². The fraction of sp³-hybridized carbons (Fsp3) is 0.667. The summed E-state index contributed by atoms with van der Waals surface area (Å²) in [6.45, 7) is 0. The van der Waals surface area contributed by atoms with Gasteiger partial charge < -0.3 is 10.6 Å². The smallest absolute Gasteiger partial charge is 0.228 e. The molecule has 0 radical (unpaired) electrons. The van der Waals surface area contributed by atoms with Gasteiger partial charge in [0.25, 0.3) is 0 Å². The largest absolute Gasteiger partial charge is 0.323 e. The van der Waals surface area contributed by atoms with Crippen LogP contribution in [0.2, 0.25) is 0 Å². The maximum absolute atomic E-state index is 12.8. The Bertz CT molecular complexity index is 673. The first-order valence-electron chi connectivity index (χ1n) is 10.2. The molecule has 26 heavy (non-hydrogen) atoms. The lowest BCUT2D eigenvalue weighted by molar-refractivity contribution is -0.122. The number of amides is 2. The molecule has 5 rings (SSSR count). The lowest BCUT2D eigenvalue weighted by Gasteiger charge is -2.23. The van der Waals surface area contributed by atoms with E-state index >= 15 is 0 Å². The number of nitrogens with one attached hydrogen (secondary N) is 2. The maximum Gasteiger partial charge on any atom is 0.228 e. The van der Waals surface area contributed by atoms with Crippen molar-refractivity contribution < 1.29 is 9.59 Å². The highest BCUT2D eigenvalue weighted by atomic mass is 16.2. The van der Waals surface area contributed by atoms with E-state index in [1.165, 1.54) is 38.5 Å². The Morgan fingerprint density at radius 2 is 1.46 bits per heavy atom. The van der Waals surface area contributed by atoms with E-state index in [0.29, 0.717) is 23.3 Å². The summed E-state index contributed by atoms with van der Waals surface area (Å²) >= 11 is 0. The summed E-state index contributed by atoms with van der Waals surface area (Å²) in [7, 11) is 0. The van der Waals surface area contributed by atoms with E-state index in [4.69, 9.17) is 0 Å². The number of hydrogen-bond donors (Lipinski definition) is 2. The molecule has 1 aromatic rings. The summed E-state index contributed by atoms with van der Waals surface area (Å²) in [5, 5.41) is 6.05. The summed E-state index contributed by atoms with van der Waals surface area (Å²) in [6, 6.07) is 3.65. The second-order valence-electron chi connectivity index (χ2n) is 8.94. The Kier molecular flexibility index (Phi) is 3.98. The molecule has 2 amide bonds. The molecular formula is C21H27N3O2. The first-order valence-corrected chi connectivity index (χ1v) is 10.2. The van der Waals surface area contributed by atoms with E-state index < -0.39 is 0 Å². The number of fused-ring (bicyclic) bond motifs is 4. The van der Waals surface area contributed by atoms with Crippen LogP contribution in [0.5, 0.6) is 0 Å². The maximum atomic E-state index is 12.8. The van der Waals surface area contributed by atoms with Crippen LogP contribution in [0.3, 0.4) is 0 Å². The topological polar surface area (TPSA) is 71.1 Å². The van der Waals surface area contributed by atoms with Gasteiger partial charge in [0.15, 0.2) is 5.82 Å². The lowest BCUT2D eigenvalue weighted by Crippen LogP contribution is -2.30. The van der Waals surface area contributed by atoms with Crippen molar-refractivity contribution in [3.63, 3.8) is 0 Å². The molecule has 5 heteroatoms. The zero-order valence-corrected chi connectivity index (χ0v) is 15.1. The highest BCUT2D eigenvalue weighted by Crippen LogP contribution is 2.49. The Morgan fingerprint density at radius 1 is 0.846 bits per heavy atom. The first kappa shape index (κ1) is 16.3. The van der Waals surface area contributed by atoms with Crippen molar-refractivity contribution in [2.75, 3.05) is 10.6 Å². The van der Waals surface area contributed by atoms with Crippen LogP contribution in [0.15, 0.2) is 18.3 Å². The molecule has 6 atom stereocenters. The summed E-state index contributed by atoms with van der Waals surface area (Å²) < 4.78 is 0. The quantitative estimate of drug-likeness (QED) is 0.864. The van der Waals surface area contributed by atoms with Crippen LogP contribution >= 0.6 is 0 Å². The predicted molar refractivity (Wildman–Crippen MR) is 99.4 cm³/mol. The normalized spacial score (nSPS) is 37.1. The minimum Gasteiger partial charge on any atom is -0.323 e. The minimum atomic E-state index is 0.0753. The van der Waals surface area contributed by atoms with Crippen LogP contribution in [-0.2, 0) is 9.59 Å². The number of nitrogens with zero attached hydrogens (tertiary/aromatic N) is 1. The molecule has 1 heterocycles. The second kappa shape index (κ2) is 6.36. The Hall–Kier alpha value is -1.91. The van der Waals surface area contributed by atoms with E-state index in [0.717, 1.165) is 24.7 Å². The number of carbonyl (C=O) groups is 2. The van der Waals surface area contributed by atoms with Crippen molar-refractivity contribution in [2.24, 2.45) is 35.5 Å². The summed E-state index contributed by atoms with van der Waals surface area (Å²) in [6.07, 6.45) is 11.0. The van der Waals surface area contributed by atoms with Crippen molar-refractivity contribution in [1.82, 2.24) is 4.98 Å². The van der Waals surface area contributed by atoms with Crippen molar-refractivity contribution in [1.29, 1.82) is 0 Å². The van der Waals surface area contributed by atoms with E-state index in [2.05, 4.69) is 15.6 Å². The van der Waals surface area contributed by atoms with Crippen LogP contribution in [0.4, 0.5) is 11.5 Å². The van der Waals surface area contributed by atoms with Gasteiger partial charge in [-0.05, 0) is 74.3 Å². The average Bonchev–Trinajstić information content (AvgIpc) is 3.43. The van der Waals surface area contributed by atoms with Gasteiger partial charge >= 0.3 is 0 Å². The number of carbonyl (C=O) groups excluding carboxylic acids is 2. The second-order valence-corrected chi connectivity index (χ2v) is 8.94. The summed E-state index contributed by atoms with van der Waals surface area (Å²) in [4.78, 5) is 29.8. The Labute approximate surface area is 154 Å². The predicted octanol–water partition coefficient (Wildman–Crippen LogP) is 3.83. The highest BCUT2D eigenvalue weighted by Gasteiger charge is 2.44. The van der Waals surface area contributed by atoms with Crippen molar-refractivity contribution in [2.45, 2.75) is 51.4 Å². The zero-order chi connectivity index (χ0) is 17.7. The summed E-state index contributed by atoms with van der Waals surface area (Å²) in [5.41, 5.74) is 0.636. The molecule has 4 saturated carbocycles. The molecule has 4 aliphatic carbocycles. The van der Waals surface area contributed by atoms with Crippen LogP contribution in [0.1, 0.15) is 51.4 Å². The third kappa shape index (κ3) is 2.81. The standard InChI is InChI=1S/C21H27N3O2/c25-20(16-10-12-3-5-14(16)8-12)23-18-2-1-7-22-19(18)24-21(26)17-11-13-4-6-15(17)9-13/h1-2,7,12-17H,3-6,8-11H2,(H,23,25)(H,22,24,26). The van der Waals surface area contributed by atoms with Gasteiger partial charge in [-0.2, -0.15) is 0 Å². The third-order valence-electron chi connectivity index (χ3n) is 7.46. The van der Waals surface area contributed by atoms with E-state index in [9.17, 15) is 9.59 Å². The lowest BCUT2D eigenvalue weighted by atomic mass is 9.88. The van der Waals surface area contributed by atoms with Crippen LogP contribution < -0.4 is 10.6 Å². The molecule has 0 saturated heterocycles. The van der Waals surface area contributed by atoms with Crippen molar-refractivity contribution in [3.05, 3.63) is 18.3 Å². The van der Waals surface area contributed by atoms with Gasteiger partial charge in [-0.15, -0.1) is 0 Å². The minimum absolute atomic E-state index is 0.0753. The van der Waals surface area contributed by atoms with Crippen LogP contribution in [0.25, 0.3) is 0 Å². The van der Waals surface area contributed by atoms with Gasteiger partial charge in [-0.25, -0.2) is 4.98 Å². The highest BCUT2D eigenvalue weighted by molar-refractivity contribution is 6.00. The number of rotatable bonds is 4. The van der Waals surface area contributed by atoms with Gasteiger partial charge in [0.05, 0.1) is 5.69 Å². The number of hydrogen-bond acceptors (Lipinski definition) is 3. The fourth-order valence-electron chi connectivity index (χ4n) is 6.17. The molecule has 4 aliphatic rings. The monoisotopic (exact) mass is 353 g/mol. The molecular weight excluding hydrogens is 326 g/mol. The molecule has 0 spiro atoms. The van der Waals surface area contributed by atoms with Gasteiger partial charge in [0, 0.05) is 18.0 Å². The molecule has 6 unspecified atom stereocenters. The first-order chi connectivity index (χ1) is 12.7. The van der Waals surface area contributed by atoms with Crippen molar-refractivity contribution in [3.8, 4) is 0 Å². The Morgan fingerprint density at radius 3 is 2.00 bits per heavy atom. The van der Waals surface area contributed by atoms with E-state index in [1.807, 2.05) is 12.1 Å². The molecule has 4 bridgehead atoms. The number of aromatic nitrogens is 1. The molecule has 0 aliphatic heterocycles.